The number of hydrogen-bond acceptors (Lipinski definition) is 0. The van der Waals surface area contributed by atoms with E-state index in [0.29, 0.717) is 0 Å². The topological polar surface area (TPSA) is 7.94 Å². The van der Waals surface area contributed by atoms with E-state index >= 15 is 0 Å². The van der Waals surface area contributed by atoms with Crippen LogP contribution in [0.5, 0.6) is 0 Å². The maximum absolute atomic E-state index is 9.75. The van der Waals surface area contributed by atoms with Crippen molar-refractivity contribution in [2.45, 2.75) is 33.2 Å². The molecule has 0 saturated carbocycles. The fourth-order valence-corrected chi connectivity index (χ4v) is 7.50. The molecule has 0 amide bonds. The smallest absolute Gasteiger partial charge is 0.418 e. The largest absolute Gasteiger partial charge is 0.673 e. The molecule has 0 unspecified atom stereocenters. The Kier molecular flexibility index (Phi) is 8.38. The summed E-state index contributed by atoms with van der Waals surface area (Å²) in [6.45, 7) is 6.39. The molecule has 2 aliphatic rings. The number of nitrogens with zero attached hydrogens (tertiary/aromatic N) is 2. The number of rotatable bonds is 6. The van der Waals surface area contributed by atoms with E-state index in [1.807, 2.05) is 0 Å². The molecule has 240 valence electrons. The lowest BCUT2D eigenvalue weighted by atomic mass is 9.97. The van der Waals surface area contributed by atoms with Crippen molar-refractivity contribution in [3.63, 3.8) is 0 Å². The molecule has 1 aromatic heterocycles. The quantitative estimate of drug-likeness (QED) is 0.0971. The fraction of sp³-hybridized carbons (Fsp3) is 0.146. The summed E-state index contributed by atoms with van der Waals surface area (Å²) in [5, 5.41) is 7.99. The molecule has 8 rings (SSSR count). The molecule has 0 spiro atoms. The van der Waals surface area contributed by atoms with Crippen LogP contribution in [-0.4, -0.2) is 28.7 Å². The van der Waals surface area contributed by atoms with Gasteiger partial charge in [0.25, 0.3) is 0 Å². The second-order valence-electron chi connectivity index (χ2n) is 12.1. The average Bonchev–Trinajstić information content (AvgIpc) is 3.74. The first kappa shape index (κ1) is 31.4. The molecule has 5 aromatic carbocycles. The summed E-state index contributed by atoms with van der Waals surface area (Å²) < 4.78 is 43.9. The van der Waals surface area contributed by atoms with Gasteiger partial charge in [-0.15, -0.1) is 0 Å². The van der Waals surface area contributed by atoms with Crippen molar-refractivity contribution in [3.05, 3.63) is 149 Å². The minimum atomic E-state index is -6.00. The van der Waals surface area contributed by atoms with Crippen LogP contribution in [0.25, 0.3) is 44.1 Å². The number of hydrogen-bond donors (Lipinski definition) is 0. The fourth-order valence-electron chi connectivity index (χ4n) is 7.50. The highest BCUT2D eigenvalue weighted by atomic mass is 19.5. The van der Waals surface area contributed by atoms with Crippen molar-refractivity contribution in [1.82, 2.24) is 4.57 Å². The lowest BCUT2D eigenvalue weighted by Gasteiger charge is -2.08. The number of benzene rings is 5. The number of aryl methyl sites for hydroxylation is 1. The van der Waals surface area contributed by atoms with Crippen LogP contribution in [-0.2, 0) is 6.54 Å². The van der Waals surface area contributed by atoms with Gasteiger partial charge in [0.15, 0.2) is 0 Å². The Morgan fingerprint density at radius 2 is 1.38 bits per heavy atom. The van der Waals surface area contributed by atoms with Crippen LogP contribution in [0.4, 0.5) is 23.0 Å². The Balaban J connectivity index is 0.000000681. The van der Waals surface area contributed by atoms with E-state index in [2.05, 4.69) is 150 Å². The van der Waals surface area contributed by atoms with Crippen LogP contribution < -0.4 is 5.35 Å². The lowest BCUT2D eigenvalue weighted by Crippen LogP contribution is -2.14. The van der Waals surface area contributed by atoms with Crippen molar-refractivity contribution >= 4 is 62.8 Å². The first-order chi connectivity index (χ1) is 23.3. The molecule has 0 atom stereocenters. The number of aromatic nitrogens is 1. The molecule has 48 heavy (non-hydrogen) atoms. The Morgan fingerprint density at radius 1 is 0.708 bits per heavy atom. The van der Waals surface area contributed by atoms with Gasteiger partial charge in [-0.25, -0.2) is 0 Å². The monoisotopic (exact) mass is 642 g/mol. The maximum Gasteiger partial charge on any atom is 0.673 e. The third-order valence-electron chi connectivity index (χ3n) is 9.37. The molecule has 0 N–H and O–H groups in total. The van der Waals surface area contributed by atoms with Crippen molar-refractivity contribution in [3.8, 4) is 0 Å². The molecule has 0 fully saturated rings. The highest BCUT2D eigenvalue weighted by Crippen LogP contribution is 2.40. The van der Waals surface area contributed by atoms with Gasteiger partial charge in [-0.05, 0) is 78.0 Å². The summed E-state index contributed by atoms with van der Waals surface area (Å²) in [4.78, 5) is 0. The SMILES string of the molecule is CCn1c(=CC=C2CCC(C=CC3=[N+](CC)c4cccc5cccc3c45)=C2c2ccccc2)c2cccc3cccc1c32.F[B-](F)(F)F. The number of allylic oxidation sites excluding steroid dienone is 6. The summed E-state index contributed by atoms with van der Waals surface area (Å²) >= 11 is 0. The molecular weight excluding hydrogens is 607 g/mol. The lowest BCUT2D eigenvalue weighted by molar-refractivity contribution is -0.430. The van der Waals surface area contributed by atoms with Crippen LogP contribution in [0.2, 0.25) is 0 Å². The summed E-state index contributed by atoms with van der Waals surface area (Å²) in [6.07, 6.45) is 11.6. The second-order valence-corrected chi connectivity index (χ2v) is 12.1. The molecule has 0 bridgehead atoms. The number of halogens is 4. The van der Waals surface area contributed by atoms with Gasteiger partial charge < -0.3 is 21.8 Å². The summed E-state index contributed by atoms with van der Waals surface area (Å²) in [7, 11) is -6.00. The van der Waals surface area contributed by atoms with E-state index in [0.717, 1.165) is 25.9 Å². The van der Waals surface area contributed by atoms with Gasteiger partial charge in [0, 0.05) is 40.3 Å². The summed E-state index contributed by atoms with van der Waals surface area (Å²) in [5.74, 6) is 0. The Hall–Kier alpha value is -5.17. The van der Waals surface area contributed by atoms with Crippen LogP contribution in [0, 0.1) is 0 Å². The Labute approximate surface area is 277 Å². The molecule has 1 aliphatic heterocycles. The van der Waals surface area contributed by atoms with Crippen LogP contribution in [0.15, 0.2) is 133 Å². The molecule has 2 heterocycles. The zero-order valence-corrected chi connectivity index (χ0v) is 26.9. The van der Waals surface area contributed by atoms with Crippen molar-refractivity contribution < 1.29 is 21.8 Å². The average molecular weight is 643 g/mol. The maximum atomic E-state index is 9.75. The highest BCUT2D eigenvalue weighted by Gasteiger charge is 2.29. The van der Waals surface area contributed by atoms with Gasteiger partial charge in [0.2, 0.25) is 11.4 Å². The van der Waals surface area contributed by atoms with Crippen LogP contribution in [0.1, 0.15) is 37.8 Å². The van der Waals surface area contributed by atoms with Gasteiger partial charge in [-0.2, -0.15) is 4.58 Å². The third-order valence-corrected chi connectivity index (χ3v) is 9.37. The van der Waals surface area contributed by atoms with Gasteiger partial charge in [0.1, 0.15) is 6.54 Å². The highest BCUT2D eigenvalue weighted by molar-refractivity contribution is 6.50. The first-order valence-electron chi connectivity index (χ1n) is 16.5. The van der Waals surface area contributed by atoms with Gasteiger partial charge in [0.05, 0.1) is 10.9 Å². The van der Waals surface area contributed by atoms with Crippen LogP contribution >= 0.6 is 0 Å². The predicted molar refractivity (Wildman–Crippen MR) is 193 cm³/mol. The molecule has 1 aliphatic carbocycles. The third kappa shape index (κ3) is 5.78. The van der Waals surface area contributed by atoms with Crippen LogP contribution in [0.3, 0.4) is 0 Å². The first-order valence-corrected chi connectivity index (χ1v) is 16.5. The van der Waals surface area contributed by atoms with E-state index in [9.17, 15) is 17.3 Å². The zero-order valence-electron chi connectivity index (χ0n) is 26.9. The normalized spacial score (nSPS) is 16.0. The molecule has 0 radical (unpaired) electrons. The van der Waals surface area contributed by atoms with E-state index in [1.165, 1.54) is 77.0 Å². The minimum Gasteiger partial charge on any atom is -0.418 e. The second kappa shape index (κ2) is 12.8. The predicted octanol–water partition coefficient (Wildman–Crippen LogP) is 10.7. The standard InChI is InChI=1S/C41H35N2.BF4/c1-3-42-35(33-18-8-14-29-16-10-20-37(42)40(29)33)26-24-31-22-23-32(39(31)28-12-6-5-7-13-28)25-27-36-34-19-9-15-30-17-11-21-38(41(30)34)43(36)4-2;2-1(3,4)5/h5-21,24-27H,3-4,22-23H2,1-2H3;/q+1;-1. The van der Waals surface area contributed by atoms with Crippen molar-refractivity contribution in [2.75, 3.05) is 6.54 Å². The van der Waals surface area contributed by atoms with E-state index in [-0.39, 0.29) is 0 Å². The molecule has 2 nitrogen and oxygen atoms in total. The Bertz CT molecular complexity index is 2340. The summed E-state index contributed by atoms with van der Waals surface area (Å²) in [6, 6.07) is 37.7. The molecule has 7 heteroatoms. The van der Waals surface area contributed by atoms with E-state index in [4.69, 9.17) is 0 Å². The van der Waals surface area contributed by atoms with Crippen molar-refractivity contribution in [1.29, 1.82) is 0 Å². The summed E-state index contributed by atoms with van der Waals surface area (Å²) in [5.41, 5.74) is 10.8. The molecule has 0 saturated heterocycles. The van der Waals surface area contributed by atoms with Gasteiger partial charge in [-0.1, -0.05) is 97.1 Å². The van der Waals surface area contributed by atoms with Gasteiger partial charge >= 0.3 is 7.25 Å². The zero-order chi connectivity index (χ0) is 33.4. The minimum absolute atomic E-state index is 0.944. The van der Waals surface area contributed by atoms with Crippen molar-refractivity contribution in [2.24, 2.45) is 0 Å². The van der Waals surface area contributed by atoms with E-state index < -0.39 is 7.25 Å². The molecular formula is C41H35BF4N2. The van der Waals surface area contributed by atoms with E-state index in [1.54, 1.807) is 0 Å². The van der Waals surface area contributed by atoms with Gasteiger partial charge in [-0.3, -0.25) is 0 Å². The molecule has 6 aromatic rings. The Morgan fingerprint density at radius 3 is 2.08 bits per heavy atom.